The third kappa shape index (κ3) is 5.16. The number of aryl methyl sites for hydroxylation is 1. The first kappa shape index (κ1) is 21.4. The van der Waals surface area contributed by atoms with E-state index in [4.69, 9.17) is 21.3 Å². The summed E-state index contributed by atoms with van der Waals surface area (Å²) in [7, 11) is 0. The minimum atomic E-state index is 0.654. The largest absolute Gasteiger partial charge is 0.378 e. The molecule has 8 heteroatoms. The summed E-state index contributed by atoms with van der Waals surface area (Å²) >= 11 is 6.12. The molecule has 4 aromatic rings. The average molecular weight is 461 g/mol. The number of ether oxygens (including phenoxy) is 1. The van der Waals surface area contributed by atoms with Crippen LogP contribution in [0.3, 0.4) is 0 Å². The second kappa shape index (κ2) is 9.60. The van der Waals surface area contributed by atoms with Crippen LogP contribution in [0.1, 0.15) is 11.3 Å². The predicted molar refractivity (Wildman–Crippen MR) is 134 cm³/mol. The van der Waals surface area contributed by atoms with E-state index in [1.165, 1.54) is 0 Å². The Morgan fingerprint density at radius 3 is 2.79 bits per heavy atom. The van der Waals surface area contributed by atoms with E-state index < -0.39 is 0 Å². The van der Waals surface area contributed by atoms with Crippen molar-refractivity contribution in [1.29, 1.82) is 0 Å². The highest BCUT2D eigenvalue weighted by atomic mass is 35.5. The molecule has 168 valence electrons. The molecule has 0 saturated carbocycles. The van der Waals surface area contributed by atoms with Gasteiger partial charge in [-0.25, -0.2) is 4.98 Å². The highest BCUT2D eigenvalue weighted by Gasteiger charge is 2.15. The zero-order chi connectivity index (χ0) is 22.6. The third-order valence-corrected chi connectivity index (χ3v) is 5.76. The fourth-order valence-corrected chi connectivity index (χ4v) is 4.05. The number of hydrogen-bond acceptors (Lipinski definition) is 7. The van der Waals surface area contributed by atoms with E-state index in [9.17, 15) is 0 Å². The Kier molecular flexibility index (Phi) is 6.24. The SMILES string of the molecule is Cc1cc(NCc2cccc(Nc3ccnc4cc(Cl)ccc34)c2)nc(N2CCOCC2)n1. The topological polar surface area (TPSA) is 75.2 Å². The van der Waals surface area contributed by atoms with Gasteiger partial charge in [-0.3, -0.25) is 4.98 Å². The Labute approximate surface area is 197 Å². The van der Waals surface area contributed by atoms with Crippen molar-refractivity contribution in [3.8, 4) is 0 Å². The first-order valence-corrected chi connectivity index (χ1v) is 11.3. The van der Waals surface area contributed by atoms with E-state index in [1.807, 2.05) is 43.3 Å². The number of hydrogen-bond donors (Lipinski definition) is 2. The van der Waals surface area contributed by atoms with Crippen LogP contribution in [-0.2, 0) is 11.3 Å². The van der Waals surface area contributed by atoms with Gasteiger partial charge in [-0.1, -0.05) is 23.7 Å². The molecule has 0 bridgehead atoms. The molecule has 7 nitrogen and oxygen atoms in total. The molecule has 0 unspecified atom stereocenters. The molecule has 1 aliphatic rings. The molecule has 33 heavy (non-hydrogen) atoms. The predicted octanol–water partition coefficient (Wildman–Crippen LogP) is 5.18. The normalized spacial score (nSPS) is 13.8. The molecule has 1 fully saturated rings. The van der Waals surface area contributed by atoms with Crippen molar-refractivity contribution in [1.82, 2.24) is 15.0 Å². The van der Waals surface area contributed by atoms with E-state index in [-0.39, 0.29) is 0 Å². The van der Waals surface area contributed by atoms with Crippen LogP contribution in [-0.4, -0.2) is 41.3 Å². The van der Waals surface area contributed by atoms with Gasteiger partial charge in [-0.2, -0.15) is 4.98 Å². The average Bonchev–Trinajstić information content (AvgIpc) is 2.83. The summed E-state index contributed by atoms with van der Waals surface area (Å²) in [6, 6.07) is 18.0. The lowest BCUT2D eigenvalue weighted by molar-refractivity contribution is 0.122. The lowest BCUT2D eigenvalue weighted by Gasteiger charge is -2.27. The van der Waals surface area contributed by atoms with Crippen LogP contribution in [0.15, 0.2) is 60.8 Å². The summed E-state index contributed by atoms with van der Waals surface area (Å²) in [5.74, 6) is 1.57. The number of nitrogens with one attached hydrogen (secondary N) is 2. The Morgan fingerprint density at radius 2 is 1.91 bits per heavy atom. The molecule has 5 rings (SSSR count). The Hall–Kier alpha value is -3.42. The van der Waals surface area contributed by atoms with Crippen molar-refractivity contribution in [2.75, 3.05) is 41.8 Å². The molecule has 0 spiro atoms. The Balaban J connectivity index is 1.30. The van der Waals surface area contributed by atoms with Crippen LogP contribution >= 0.6 is 11.6 Å². The summed E-state index contributed by atoms with van der Waals surface area (Å²) < 4.78 is 5.44. The number of morpholine rings is 1. The quantitative estimate of drug-likeness (QED) is 0.410. The zero-order valence-electron chi connectivity index (χ0n) is 18.4. The smallest absolute Gasteiger partial charge is 0.227 e. The highest BCUT2D eigenvalue weighted by Crippen LogP contribution is 2.27. The van der Waals surface area contributed by atoms with Crippen molar-refractivity contribution in [2.24, 2.45) is 0 Å². The number of benzene rings is 2. The number of pyridine rings is 1. The van der Waals surface area contributed by atoms with Crippen LogP contribution in [0.5, 0.6) is 0 Å². The summed E-state index contributed by atoms with van der Waals surface area (Å²) in [6.45, 7) is 5.69. The molecule has 2 aromatic heterocycles. The molecule has 0 radical (unpaired) electrons. The summed E-state index contributed by atoms with van der Waals surface area (Å²) in [5.41, 5.74) is 4.94. The summed E-state index contributed by atoms with van der Waals surface area (Å²) in [5, 5.41) is 8.66. The Bertz CT molecular complexity index is 1270. The molecule has 0 aliphatic carbocycles. The van der Waals surface area contributed by atoms with E-state index >= 15 is 0 Å². The number of halogens is 1. The summed E-state index contributed by atoms with van der Waals surface area (Å²) in [4.78, 5) is 15.9. The lowest BCUT2D eigenvalue weighted by atomic mass is 10.1. The maximum absolute atomic E-state index is 6.12. The van der Waals surface area contributed by atoms with E-state index in [0.717, 1.165) is 58.4 Å². The van der Waals surface area contributed by atoms with Crippen molar-refractivity contribution >= 4 is 45.6 Å². The monoisotopic (exact) mass is 460 g/mol. The molecule has 1 saturated heterocycles. The second-order valence-electron chi connectivity index (χ2n) is 7.99. The van der Waals surface area contributed by atoms with Gasteiger partial charge in [0, 0.05) is 59.4 Å². The van der Waals surface area contributed by atoms with Gasteiger partial charge in [0.1, 0.15) is 5.82 Å². The Morgan fingerprint density at radius 1 is 1.03 bits per heavy atom. The number of rotatable bonds is 6. The number of aromatic nitrogens is 3. The molecular weight excluding hydrogens is 436 g/mol. The molecule has 1 aliphatic heterocycles. The number of fused-ring (bicyclic) bond motifs is 1. The zero-order valence-corrected chi connectivity index (χ0v) is 19.1. The van der Waals surface area contributed by atoms with E-state index in [1.54, 1.807) is 6.20 Å². The van der Waals surface area contributed by atoms with Gasteiger partial charge < -0.3 is 20.3 Å². The van der Waals surface area contributed by atoms with Crippen LogP contribution in [0, 0.1) is 6.92 Å². The van der Waals surface area contributed by atoms with Gasteiger partial charge in [0.25, 0.3) is 0 Å². The van der Waals surface area contributed by atoms with Gasteiger partial charge in [0.2, 0.25) is 5.95 Å². The third-order valence-electron chi connectivity index (χ3n) is 5.52. The minimum Gasteiger partial charge on any atom is -0.378 e. The second-order valence-corrected chi connectivity index (χ2v) is 8.43. The molecule has 2 aromatic carbocycles. The fourth-order valence-electron chi connectivity index (χ4n) is 3.89. The van der Waals surface area contributed by atoms with Crippen molar-refractivity contribution < 1.29 is 4.74 Å². The van der Waals surface area contributed by atoms with Gasteiger partial charge in [0.05, 0.1) is 18.7 Å². The minimum absolute atomic E-state index is 0.654. The van der Waals surface area contributed by atoms with Crippen molar-refractivity contribution in [2.45, 2.75) is 13.5 Å². The number of anilines is 4. The van der Waals surface area contributed by atoms with Crippen LogP contribution in [0.4, 0.5) is 23.1 Å². The standard InChI is InChI=1S/C25H25ClN6O/c1-17-13-24(31-25(29-17)32-9-11-33-12-10-32)28-16-18-3-2-4-20(14-18)30-22-7-8-27-23-15-19(26)5-6-21(22)23/h2-8,13-15H,9-12,16H2,1H3,(H,27,30)(H,28,29,31). The lowest BCUT2D eigenvalue weighted by Crippen LogP contribution is -2.37. The fraction of sp³-hybridized carbons (Fsp3) is 0.240. The van der Waals surface area contributed by atoms with E-state index in [0.29, 0.717) is 24.8 Å². The first-order chi connectivity index (χ1) is 16.1. The van der Waals surface area contributed by atoms with Crippen LogP contribution < -0.4 is 15.5 Å². The molecule has 0 atom stereocenters. The molecule has 0 amide bonds. The van der Waals surface area contributed by atoms with Crippen molar-refractivity contribution in [3.63, 3.8) is 0 Å². The van der Waals surface area contributed by atoms with Crippen LogP contribution in [0.25, 0.3) is 10.9 Å². The number of nitrogens with zero attached hydrogens (tertiary/aromatic N) is 4. The van der Waals surface area contributed by atoms with Gasteiger partial charge >= 0.3 is 0 Å². The van der Waals surface area contributed by atoms with E-state index in [2.05, 4.69) is 43.7 Å². The first-order valence-electron chi connectivity index (χ1n) is 11.0. The maximum atomic E-state index is 6.12. The van der Waals surface area contributed by atoms with Crippen molar-refractivity contribution in [3.05, 3.63) is 77.1 Å². The van der Waals surface area contributed by atoms with Gasteiger partial charge in [-0.05, 0) is 48.9 Å². The van der Waals surface area contributed by atoms with Gasteiger partial charge in [-0.15, -0.1) is 0 Å². The van der Waals surface area contributed by atoms with Gasteiger partial charge in [0.15, 0.2) is 0 Å². The maximum Gasteiger partial charge on any atom is 0.227 e. The van der Waals surface area contributed by atoms with Crippen LogP contribution in [0.2, 0.25) is 5.02 Å². The molecule has 3 heterocycles. The summed E-state index contributed by atoms with van der Waals surface area (Å²) in [6.07, 6.45) is 1.79. The molecular formula is C25H25ClN6O. The highest BCUT2D eigenvalue weighted by molar-refractivity contribution is 6.31. The molecule has 2 N–H and O–H groups in total.